The molecule has 2 aliphatic heterocycles. The number of amides is 1. The van der Waals surface area contributed by atoms with Crippen molar-refractivity contribution in [1.82, 2.24) is 25.0 Å². The molecule has 1 amide bonds. The summed E-state index contributed by atoms with van der Waals surface area (Å²) >= 11 is 0. The molecule has 2 aliphatic rings. The number of hydrogen-bond donors (Lipinski definition) is 0. The van der Waals surface area contributed by atoms with Gasteiger partial charge in [-0.2, -0.15) is 4.98 Å². The van der Waals surface area contributed by atoms with Crippen LogP contribution in [0.5, 0.6) is 0 Å². The lowest BCUT2D eigenvalue weighted by atomic mass is 10.0. The van der Waals surface area contributed by atoms with Gasteiger partial charge in [-0.05, 0) is 32.1 Å². The molecule has 2 fully saturated rings. The van der Waals surface area contributed by atoms with Crippen LogP contribution in [0.4, 0.5) is 0 Å². The maximum absolute atomic E-state index is 12.6. The number of ether oxygens (including phenoxy) is 2. The summed E-state index contributed by atoms with van der Waals surface area (Å²) in [6.45, 7) is 6.05. The Kier molecular flexibility index (Phi) is 6.46. The summed E-state index contributed by atoms with van der Waals surface area (Å²) < 4.78 is 16.6. The van der Waals surface area contributed by atoms with Gasteiger partial charge in [-0.15, -0.1) is 0 Å². The zero-order chi connectivity index (χ0) is 20.1. The van der Waals surface area contributed by atoms with Crippen LogP contribution in [0.2, 0.25) is 0 Å². The van der Waals surface area contributed by atoms with E-state index in [1.165, 1.54) is 6.20 Å². The van der Waals surface area contributed by atoms with Gasteiger partial charge >= 0.3 is 0 Å². The third kappa shape index (κ3) is 5.16. The van der Waals surface area contributed by atoms with Gasteiger partial charge in [-0.1, -0.05) is 5.16 Å². The van der Waals surface area contributed by atoms with E-state index in [0.717, 1.165) is 44.8 Å². The zero-order valence-electron chi connectivity index (χ0n) is 16.7. The second-order valence-electron chi connectivity index (χ2n) is 7.71. The monoisotopic (exact) mass is 401 g/mol. The second kappa shape index (κ2) is 9.41. The molecule has 0 radical (unpaired) electrons. The van der Waals surface area contributed by atoms with E-state index in [9.17, 15) is 4.79 Å². The van der Waals surface area contributed by atoms with Gasteiger partial charge in [0.2, 0.25) is 5.89 Å². The molecular formula is C20H27N5O4. The first-order valence-corrected chi connectivity index (χ1v) is 10.2. The van der Waals surface area contributed by atoms with E-state index in [0.29, 0.717) is 49.4 Å². The van der Waals surface area contributed by atoms with E-state index in [1.54, 1.807) is 11.1 Å². The third-order valence-electron chi connectivity index (χ3n) is 5.47. The van der Waals surface area contributed by atoms with Gasteiger partial charge in [0.15, 0.2) is 5.82 Å². The van der Waals surface area contributed by atoms with Crippen LogP contribution in [0.25, 0.3) is 0 Å². The van der Waals surface area contributed by atoms with Crippen LogP contribution in [0.15, 0.2) is 16.9 Å². The van der Waals surface area contributed by atoms with Crippen molar-refractivity contribution >= 4 is 5.91 Å². The number of likely N-dealkylation sites (tertiary alicyclic amines) is 1. The third-order valence-corrected chi connectivity index (χ3v) is 5.47. The minimum absolute atomic E-state index is 0.0572. The number of carbonyl (C=O) groups excluding carboxylic acids is 1. The molecule has 0 N–H and O–H groups in total. The Labute approximate surface area is 169 Å². The van der Waals surface area contributed by atoms with Gasteiger partial charge in [0.1, 0.15) is 5.69 Å². The van der Waals surface area contributed by atoms with Crippen molar-refractivity contribution in [3.63, 3.8) is 0 Å². The molecule has 4 rings (SSSR count). The van der Waals surface area contributed by atoms with Gasteiger partial charge in [0.25, 0.3) is 5.91 Å². The molecule has 9 nitrogen and oxygen atoms in total. The Bertz CT molecular complexity index is 803. The molecule has 0 saturated carbocycles. The molecule has 4 heterocycles. The highest BCUT2D eigenvalue weighted by Crippen LogP contribution is 2.27. The van der Waals surface area contributed by atoms with Gasteiger partial charge in [0.05, 0.1) is 24.4 Å². The largest absolute Gasteiger partial charge is 0.381 e. The average Bonchev–Trinajstić information content (AvgIpc) is 3.42. The number of carbonyl (C=O) groups is 1. The molecule has 1 unspecified atom stereocenters. The van der Waals surface area contributed by atoms with Gasteiger partial charge in [0, 0.05) is 45.5 Å². The standard InChI is InChI=1S/C20H27N5O4/c1-14-10-22-17(11-21-14)20(26)25-6-2-16(12-25)19-23-18(24-29-19)5-9-28-13-15-3-7-27-8-4-15/h10-11,15-16H,2-9,12-13H2,1H3. The molecule has 2 aromatic heterocycles. The Hall–Kier alpha value is -2.39. The molecule has 0 aliphatic carbocycles. The first-order valence-electron chi connectivity index (χ1n) is 10.2. The van der Waals surface area contributed by atoms with Crippen LogP contribution in [0, 0.1) is 12.8 Å². The summed E-state index contributed by atoms with van der Waals surface area (Å²) in [4.78, 5) is 27.2. The van der Waals surface area contributed by atoms with Crippen LogP contribution >= 0.6 is 0 Å². The van der Waals surface area contributed by atoms with Crippen molar-refractivity contribution in [2.45, 2.75) is 38.5 Å². The number of nitrogens with zero attached hydrogens (tertiary/aromatic N) is 5. The summed E-state index contributed by atoms with van der Waals surface area (Å²) in [6, 6.07) is 0. The minimum atomic E-state index is -0.110. The Balaban J connectivity index is 1.23. The van der Waals surface area contributed by atoms with E-state index >= 15 is 0 Å². The van der Waals surface area contributed by atoms with Crippen molar-refractivity contribution in [2.75, 3.05) is 39.5 Å². The van der Waals surface area contributed by atoms with E-state index < -0.39 is 0 Å². The molecular weight excluding hydrogens is 374 g/mol. The zero-order valence-corrected chi connectivity index (χ0v) is 16.7. The molecule has 9 heteroatoms. The van der Waals surface area contributed by atoms with Gasteiger partial charge in [-0.3, -0.25) is 9.78 Å². The maximum Gasteiger partial charge on any atom is 0.274 e. The highest BCUT2D eigenvalue weighted by Gasteiger charge is 2.32. The molecule has 156 valence electrons. The summed E-state index contributed by atoms with van der Waals surface area (Å²) in [5.41, 5.74) is 1.15. The Morgan fingerprint density at radius 2 is 2.10 bits per heavy atom. The first kappa shape index (κ1) is 19.9. The fraction of sp³-hybridized carbons (Fsp3) is 0.650. The number of hydrogen-bond acceptors (Lipinski definition) is 8. The molecule has 0 bridgehead atoms. The Morgan fingerprint density at radius 3 is 2.90 bits per heavy atom. The van der Waals surface area contributed by atoms with Crippen molar-refractivity contribution in [3.05, 3.63) is 35.5 Å². The average molecular weight is 401 g/mol. The number of rotatable bonds is 7. The van der Waals surface area contributed by atoms with E-state index in [1.807, 2.05) is 6.92 Å². The Morgan fingerprint density at radius 1 is 1.24 bits per heavy atom. The van der Waals surface area contributed by atoms with E-state index in [4.69, 9.17) is 14.0 Å². The highest BCUT2D eigenvalue weighted by atomic mass is 16.5. The highest BCUT2D eigenvalue weighted by molar-refractivity contribution is 5.92. The fourth-order valence-corrected chi connectivity index (χ4v) is 3.67. The molecule has 1 atom stereocenters. The van der Waals surface area contributed by atoms with Crippen LogP contribution in [-0.2, 0) is 15.9 Å². The quantitative estimate of drug-likeness (QED) is 0.647. The first-order chi connectivity index (χ1) is 14.2. The van der Waals surface area contributed by atoms with E-state index in [2.05, 4.69) is 20.1 Å². The maximum atomic E-state index is 12.6. The summed E-state index contributed by atoms with van der Waals surface area (Å²) in [6.07, 6.45) is 6.69. The normalized spacial score (nSPS) is 20.3. The van der Waals surface area contributed by atoms with Crippen LogP contribution in [0.1, 0.15) is 53.1 Å². The van der Waals surface area contributed by atoms with Gasteiger partial charge in [-0.25, -0.2) is 4.98 Å². The van der Waals surface area contributed by atoms with Crippen molar-refractivity contribution in [3.8, 4) is 0 Å². The lowest BCUT2D eigenvalue weighted by Crippen LogP contribution is -2.29. The summed E-state index contributed by atoms with van der Waals surface area (Å²) in [5.74, 6) is 1.78. The minimum Gasteiger partial charge on any atom is -0.381 e. The lowest BCUT2D eigenvalue weighted by Gasteiger charge is -2.21. The summed E-state index contributed by atoms with van der Waals surface area (Å²) in [7, 11) is 0. The van der Waals surface area contributed by atoms with Crippen LogP contribution in [0.3, 0.4) is 0 Å². The fourth-order valence-electron chi connectivity index (χ4n) is 3.67. The molecule has 2 aromatic rings. The smallest absolute Gasteiger partial charge is 0.274 e. The predicted octanol–water partition coefficient (Wildman–Crippen LogP) is 1.78. The number of aryl methyl sites for hydroxylation is 1. The van der Waals surface area contributed by atoms with Crippen LogP contribution < -0.4 is 0 Å². The molecule has 0 aromatic carbocycles. The summed E-state index contributed by atoms with van der Waals surface area (Å²) in [5, 5.41) is 4.07. The lowest BCUT2D eigenvalue weighted by molar-refractivity contribution is 0.0211. The van der Waals surface area contributed by atoms with Crippen molar-refractivity contribution < 1.29 is 18.8 Å². The topological polar surface area (TPSA) is 103 Å². The SMILES string of the molecule is Cc1cnc(C(=O)N2CCC(c3nc(CCOCC4CCOCC4)no3)C2)cn1. The van der Waals surface area contributed by atoms with E-state index in [-0.39, 0.29) is 11.8 Å². The van der Waals surface area contributed by atoms with Crippen molar-refractivity contribution in [2.24, 2.45) is 5.92 Å². The molecule has 2 saturated heterocycles. The second-order valence-corrected chi connectivity index (χ2v) is 7.71. The van der Waals surface area contributed by atoms with Gasteiger partial charge < -0.3 is 18.9 Å². The van der Waals surface area contributed by atoms with Crippen LogP contribution in [-0.4, -0.2) is 70.4 Å². The predicted molar refractivity (Wildman–Crippen MR) is 102 cm³/mol. The molecule has 29 heavy (non-hydrogen) atoms. The molecule has 0 spiro atoms. The van der Waals surface area contributed by atoms with Crippen molar-refractivity contribution in [1.29, 1.82) is 0 Å². The number of aromatic nitrogens is 4.